The summed E-state index contributed by atoms with van der Waals surface area (Å²) >= 11 is 4.82. The van der Waals surface area contributed by atoms with Crippen molar-refractivity contribution in [1.29, 1.82) is 0 Å². The molecule has 0 aromatic carbocycles. The van der Waals surface area contributed by atoms with Gasteiger partial charge in [0.1, 0.15) is 18.3 Å². The van der Waals surface area contributed by atoms with Gasteiger partial charge in [0, 0.05) is 6.20 Å². The predicted molar refractivity (Wildman–Crippen MR) is 97.8 cm³/mol. The quantitative estimate of drug-likeness (QED) is 0.166. The van der Waals surface area contributed by atoms with Crippen LogP contribution in [-0.2, 0) is 31.6 Å². The summed E-state index contributed by atoms with van der Waals surface area (Å²) in [4.78, 5) is 38.8. The lowest BCUT2D eigenvalue weighted by Gasteiger charge is -2.28. The molecule has 0 radical (unpaired) electrons. The van der Waals surface area contributed by atoms with Crippen molar-refractivity contribution in [3.05, 3.63) is 16.8 Å². The number of nitrogens with zero attached hydrogens (tertiary/aromatic N) is 2. The fraction of sp³-hybridized carbons (Fsp3) is 0.600. The number of aromatic nitrogens is 2. The summed E-state index contributed by atoms with van der Waals surface area (Å²) in [5.74, 6) is -5.33. The number of aliphatic hydroxyl groups is 2. The third kappa shape index (κ3) is 6.22. The first-order valence-corrected chi connectivity index (χ1v) is 12.7. The molecule has 22 heteroatoms. The van der Waals surface area contributed by atoms with Crippen LogP contribution in [-0.4, -0.2) is 63.5 Å². The first-order chi connectivity index (χ1) is 14.2. The summed E-state index contributed by atoms with van der Waals surface area (Å²) in [6.07, 6.45) is -3.97. The SMILES string of the molecule is CC1(O)[C@@H](O)[C@@](F)(COP(=O)(O)OP(=O)(O)OP(=O)(O)O)O[C@H]1n1cc(F)c(N)nc1=S. The Balaban J connectivity index is 2.25. The van der Waals surface area contributed by atoms with Gasteiger partial charge in [0.15, 0.2) is 17.9 Å². The maximum atomic E-state index is 15.2. The van der Waals surface area contributed by atoms with Gasteiger partial charge >= 0.3 is 23.5 Å². The molecule has 0 amide bonds. The Kier molecular flexibility index (Phi) is 7.56. The van der Waals surface area contributed by atoms with Crippen molar-refractivity contribution in [2.75, 3.05) is 12.3 Å². The van der Waals surface area contributed by atoms with Crippen LogP contribution in [0.1, 0.15) is 13.2 Å². The number of aliphatic hydroxyl groups excluding tert-OH is 1. The molecule has 8 N–H and O–H groups in total. The average molecular weight is 549 g/mol. The zero-order valence-electron chi connectivity index (χ0n) is 15.5. The summed E-state index contributed by atoms with van der Waals surface area (Å²) < 4.78 is 78.4. The van der Waals surface area contributed by atoms with Gasteiger partial charge < -0.3 is 40.3 Å². The number of anilines is 1. The molecule has 0 aliphatic carbocycles. The van der Waals surface area contributed by atoms with Crippen LogP contribution in [0.15, 0.2) is 6.20 Å². The molecule has 3 unspecified atom stereocenters. The van der Waals surface area contributed by atoms with Gasteiger partial charge in [0.05, 0.1) is 0 Å². The van der Waals surface area contributed by atoms with Crippen molar-refractivity contribution >= 4 is 41.5 Å². The molecule has 0 spiro atoms. The molecule has 2 heterocycles. The van der Waals surface area contributed by atoms with Gasteiger partial charge in [-0.05, 0) is 19.1 Å². The molecule has 0 saturated carbocycles. The molecule has 1 aromatic rings. The van der Waals surface area contributed by atoms with Crippen LogP contribution in [0.3, 0.4) is 0 Å². The van der Waals surface area contributed by atoms with Gasteiger partial charge in [-0.2, -0.15) is 13.6 Å². The first-order valence-electron chi connectivity index (χ1n) is 7.79. The average Bonchev–Trinajstić information content (AvgIpc) is 2.74. The predicted octanol–water partition coefficient (Wildman–Crippen LogP) is -0.0163. The highest BCUT2D eigenvalue weighted by Gasteiger charge is 2.63. The molecule has 1 aromatic heterocycles. The Morgan fingerprint density at radius 2 is 1.84 bits per heavy atom. The summed E-state index contributed by atoms with van der Waals surface area (Å²) in [7, 11) is -17.3. The second-order valence-corrected chi connectivity index (χ2v) is 11.2. The molecular weight excluding hydrogens is 533 g/mol. The third-order valence-electron chi connectivity index (χ3n) is 3.80. The number of halogens is 2. The lowest BCUT2D eigenvalue weighted by atomic mass is 9.95. The smallest absolute Gasteiger partial charge is 0.384 e. The Bertz CT molecular complexity index is 1100. The Labute approximate surface area is 181 Å². The highest BCUT2D eigenvalue weighted by molar-refractivity contribution is 7.71. The largest absolute Gasteiger partial charge is 0.490 e. The molecule has 0 bridgehead atoms. The van der Waals surface area contributed by atoms with E-state index >= 15 is 4.39 Å². The topological polar surface area (TPSA) is 253 Å². The van der Waals surface area contributed by atoms with Crippen molar-refractivity contribution < 1.29 is 70.1 Å². The lowest BCUT2D eigenvalue weighted by Crippen LogP contribution is -2.49. The summed E-state index contributed by atoms with van der Waals surface area (Å²) in [6.45, 7) is -0.937. The molecule has 1 aliphatic rings. The van der Waals surface area contributed by atoms with Gasteiger partial charge in [-0.15, -0.1) is 0 Å². The van der Waals surface area contributed by atoms with Crippen LogP contribution in [0.2, 0.25) is 0 Å². The van der Waals surface area contributed by atoms with E-state index in [1.807, 2.05) is 0 Å². The monoisotopic (exact) mass is 549 g/mol. The maximum absolute atomic E-state index is 15.2. The fourth-order valence-electron chi connectivity index (χ4n) is 2.49. The highest BCUT2D eigenvalue weighted by Crippen LogP contribution is 2.66. The number of hydrogen-bond donors (Lipinski definition) is 7. The number of alkyl halides is 1. The van der Waals surface area contributed by atoms with Gasteiger partial charge in [-0.1, -0.05) is 0 Å². The zero-order chi connectivity index (χ0) is 24.9. The van der Waals surface area contributed by atoms with Crippen molar-refractivity contribution in [3.8, 4) is 0 Å². The van der Waals surface area contributed by atoms with Gasteiger partial charge in [0.25, 0.3) is 5.85 Å². The molecule has 184 valence electrons. The highest BCUT2D eigenvalue weighted by atomic mass is 32.1. The number of ether oxygens (including phenoxy) is 1. The number of hydrogen-bond acceptors (Lipinski definition) is 12. The van der Waals surface area contributed by atoms with Crippen LogP contribution < -0.4 is 5.73 Å². The Morgan fingerprint density at radius 3 is 2.38 bits per heavy atom. The van der Waals surface area contributed by atoms with E-state index in [4.69, 9.17) is 37.4 Å². The van der Waals surface area contributed by atoms with Crippen molar-refractivity contribution in [1.82, 2.24) is 9.55 Å². The molecule has 1 fully saturated rings. The third-order valence-corrected chi connectivity index (χ3v) is 7.88. The summed E-state index contributed by atoms with van der Waals surface area (Å²) in [5, 5.41) is 20.6. The standard InChI is InChI=1S/C10H16F2N3O13P3S/c1-9(17)6(16)10(12,26-7(9)15-2-4(11)5(13)14-8(15)32)3-25-30(21,22)28-31(23,24)27-29(18,19)20/h2,6-7,16-17H,3H2,1H3,(H,21,22)(H,23,24)(H2,13,14,32)(H2,18,19,20)/t6-,7-,9?,10-/m1/s1. The van der Waals surface area contributed by atoms with Gasteiger partial charge in [0.2, 0.25) is 4.77 Å². The number of nitrogen functional groups attached to an aromatic ring is 1. The van der Waals surface area contributed by atoms with Crippen molar-refractivity contribution in [2.24, 2.45) is 0 Å². The van der Waals surface area contributed by atoms with Crippen LogP contribution in [0.4, 0.5) is 14.6 Å². The van der Waals surface area contributed by atoms with Crippen LogP contribution in [0, 0.1) is 10.6 Å². The number of phosphoric acid groups is 3. The van der Waals surface area contributed by atoms with Crippen LogP contribution in [0.25, 0.3) is 0 Å². The van der Waals surface area contributed by atoms with E-state index in [0.717, 1.165) is 6.92 Å². The van der Waals surface area contributed by atoms with E-state index in [-0.39, 0.29) is 0 Å². The number of phosphoric ester groups is 1. The van der Waals surface area contributed by atoms with Crippen LogP contribution in [0.5, 0.6) is 0 Å². The molecule has 6 atom stereocenters. The van der Waals surface area contributed by atoms with Crippen molar-refractivity contribution in [3.63, 3.8) is 0 Å². The van der Waals surface area contributed by atoms with E-state index < -0.39 is 70.3 Å². The minimum atomic E-state index is -5.89. The zero-order valence-corrected chi connectivity index (χ0v) is 19.0. The number of rotatable bonds is 8. The number of nitrogens with two attached hydrogens (primary N) is 1. The molecule has 16 nitrogen and oxygen atoms in total. The Hall–Kier alpha value is -0.750. The van der Waals surface area contributed by atoms with E-state index in [9.17, 15) is 33.2 Å². The molecule has 1 saturated heterocycles. The van der Waals surface area contributed by atoms with E-state index in [1.165, 1.54) is 0 Å². The first kappa shape index (κ1) is 27.5. The molecular formula is C10H16F2N3O13P3S. The van der Waals surface area contributed by atoms with Gasteiger partial charge in [-0.25, -0.2) is 22.5 Å². The van der Waals surface area contributed by atoms with E-state index in [0.29, 0.717) is 10.8 Å². The Morgan fingerprint density at radius 1 is 1.28 bits per heavy atom. The normalized spacial score (nSPS) is 32.4. The van der Waals surface area contributed by atoms with Gasteiger partial charge in [-0.3, -0.25) is 9.09 Å². The van der Waals surface area contributed by atoms with E-state index in [2.05, 4.69) is 18.1 Å². The molecule has 2 rings (SSSR count). The molecule has 32 heavy (non-hydrogen) atoms. The lowest BCUT2D eigenvalue weighted by molar-refractivity contribution is -0.204. The minimum absolute atomic E-state index is 0.515. The van der Waals surface area contributed by atoms with E-state index in [1.54, 1.807) is 0 Å². The maximum Gasteiger partial charge on any atom is 0.490 e. The minimum Gasteiger partial charge on any atom is -0.384 e. The molecule has 1 aliphatic heterocycles. The summed E-state index contributed by atoms with van der Waals surface area (Å²) in [6, 6.07) is 0. The fourth-order valence-corrected chi connectivity index (χ4v) is 5.77. The van der Waals surface area contributed by atoms with Crippen LogP contribution >= 0.6 is 35.7 Å². The van der Waals surface area contributed by atoms with Crippen molar-refractivity contribution in [2.45, 2.75) is 30.7 Å². The second kappa shape index (κ2) is 8.79. The second-order valence-electron chi connectivity index (χ2n) is 6.41. The summed E-state index contributed by atoms with van der Waals surface area (Å²) in [5.41, 5.74) is 2.65.